The van der Waals surface area contributed by atoms with Crippen LogP contribution in [-0.2, 0) is 11.3 Å². The Kier molecular flexibility index (Phi) is 4.04. The molecule has 1 aromatic carbocycles. The summed E-state index contributed by atoms with van der Waals surface area (Å²) >= 11 is 0. The molecule has 2 N–H and O–H groups in total. The highest BCUT2D eigenvalue weighted by molar-refractivity contribution is 5.84. The van der Waals surface area contributed by atoms with E-state index in [9.17, 15) is 0 Å². The van der Waals surface area contributed by atoms with Gasteiger partial charge >= 0.3 is 0 Å². The third kappa shape index (κ3) is 2.41. The van der Waals surface area contributed by atoms with Gasteiger partial charge in [-0.2, -0.15) is 0 Å². The van der Waals surface area contributed by atoms with Crippen LogP contribution in [-0.4, -0.2) is 30.4 Å². The molecule has 5 heteroatoms. The number of unbranched alkanes of at least 4 members (excludes halogenated alkanes) is 1. The molecule has 1 heterocycles. The number of methoxy groups -OCH3 is 2. The summed E-state index contributed by atoms with van der Waals surface area (Å²) in [6.45, 7) is 1.62. The number of fused-ring (bicyclic) bond motifs is 1. The Morgan fingerprint density at radius 1 is 1.28 bits per heavy atom. The summed E-state index contributed by atoms with van der Waals surface area (Å²) in [5.74, 6) is 1.29. The lowest BCUT2D eigenvalue weighted by Crippen LogP contribution is -2.04. The van der Waals surface area contributed by atoms with Gasteiger partial charge in [-0.15, -0.1) is 0 Å². The lowest BCUT2D eigenvalue weighted by Gasteiger charge is -2.06. The van der Waals surface area contributed by atoms with Gasteiger partial charge in [0.15, 0.2) is 0 Å². The Balaban J connectivity index is 2.24. The summed E-state index contributed by atoms with van der Waals surface area (Å²) in [6.07, 6.45) is 2.03. The van der Waals surface area contributed by atoms with Crippen LogP contribution in [0.4, 0.5) is 5.95 Å². The van der Waals surface area contributed by atoms with Crippen molar-refractivity contribution in [3.05, 3.63) is 18.2 Å². The summed E-state index contributed by atoms with van der Waals surface area (Å²) < 4.78 is 12.3. The lowest BCUT2D eigenvalue weighted by molar-refractivity contribution is 0.191. The summed E-state index contributed by atoms with van der Waals surface area (Å²) in [5.41, 5.74) is 7.80. The van der Waals surface area contributed by atoms with Crippen molar-refractivity contribution < 1.29 is 9.47 Å². The summed E-state index contributed by atoms with van der Waals surface area (Å²) in [7, 11) is 3.36. The third-order valence-electron chi connectivity index (χ3n) is 2.97. The second-order valence-corrected chi connectivity index (χ2v) is 4.15. The van der Waals surface area contributed by atoms with E-state index in [1.54, 1.807) is 14.2 Å². The zero-order valence-electron chi connectivity index (χ0n) is 10.8. The van der Waals surface area contributed by atoms with E-state index in [0.717, 1.165) is 42.8 Å². The van der Waals surface area contributed by atoms with E-state index in [4.69, 9.17) is 15.2 Å². The molecule has 0 radical (unpaired) electrons. The highest BCUT2D eigenvalue weighted by Gasteiger charge is 2.11. The second-order valence-electron chi connectivity index (χ2n) is 4.15. The normalized spacial score (nSPS) is 11.0. The van der Waals surface area contributed by atoms with Crippen LogP contribution in [0, 0.1) is 0 Å². The van der Waals surface area contributed by atoms with Crippen molar-refractivity contribution in [3.63, 3.8) is 0 Å². The first kappa shape index (κ1) is 12.7. The predicted molar refractivity (Wildman–Crippen MR) is 71.8 cm³/mol. The zero-order chi connectivity index (χ0) is 13.0. The number of hydrogen-bond donors (Lipinski definition) is 1. The van der Waals surface area contributed by atoms with Crippen molar-refractivity contribution in [2.24, 2.45) is 0 Å². The first-order chi connectivity index (χ1) is 8.77. The minimum absolute atomic E-state index is 0.534. The monoisotopic (exact) mass is 249 g/mol. The number of rotatable bonds is 6. The molecule has 0 fully saturated rings. The number of hydrogen-bond acceptors (Lipinski definition) is 4. The molecule has 0 unspecified atom stereocenters. The lowest BCUT2D eigenvalue weighted by atomic mass is 10.2. The van der Waals surface area contributed by atoms with Crippen LogP contribution in [0.1, 0.15) is 12.8 Å². The first-order valence-corrected chi connectivity index (χ1v) is 6.05. The SMILES string of the molecule is COCCCCn1c(N)nc2c(OC)cccc21. The van der Waals surface area contributed by atoms with Crippen LogP contribution in [0.25, 0.3) is 11.0 Å². The van der Waals surface area contributed by atoms with Crippen molar-refractivity contribution >= 4 is 17.0 Å². The van der Waals surface area contributed by atoms with E-state index in [1.807, 2.05) is 22.8 Å². The van der Waals surface area contributed by atoms with Crippen molar-refractivity contribution in [1.29, 1.82) is 0 Å². The van der Waals surface area contributed by atoms with Crippen molar-refractivity contribution in [3.8, 4) is 5.75 Å². The van der Waals surface area contributed by atoms with Gasteiger partial charge in [-0.1, -0.05) is 6.07 Å². The third-order valence-corrected chi connectivity index (χ3v) is 2.97. The maximum absolute atomic E-state index is 5.96. The summed E-state index contributed by atoms with van der Waals surface area (Å²) in [6, 6.07) is 5.86. The number of nitrogens with zero attached hydrogens (tertiary/aromatic N) is 2. The Bertz CT molecular complexity index is 522. The molecular weight excluding hydrogens is 230 g/mol. The molecule has 5 nitrogen and oxygen atoms in total. The molecule has 0 aliphatic carbocycles. The topological polar surface area (TPSA) is 62.3 Å². The number of aryl methyl sites for hydroxylation is 1. The molecule has 0 saturated heterocycles. The Hall–Kier alpha value is -1.75. The smallest absolute Gasteiger partial charge is 0.201 e. The van der Waals surface area contributed by atoms with Gasteiger partial charge in [0.05, 0.1) is 12.6 Å². The van der Waals surface area contributed by atoms with Gasteiger partial charge in [-0.05, 0) is 25.0 Å². The molecule has 0 bridgehead atoms. The van der Waals surface area contributed by atoms with Crippen molar-refractivity contribution in [2.45, 2.75) is 19.4 Å². The van der Waals surface area contributed by atoms with Gasteiger partial charge in [0.1, 0.15) is 11.3 Å². The van der Waals surface area contributed by atoms with E-state index >= 15 is 0 Å². The van der Waals surface area contributed by atoms with E-state index in [-0.39, 0.29) is 0 Å². The molecule has 0 saturated carbocycles. The molecule has 0 aliphatic rings. The highest BCUT2D eigenvalue weighted by Crippen LogP contribution is 2.26. The number of aromatic nitrogens is 2. The minimum Gasteiger partial charge on any atom is -0.494 e. The Morgan fingerprint density at radius 3 is 2.83 bits per heavy atom. The van der Waals surface area contributed by atoms with Crippen LogP contribution < -0.4 is 10.5 Å². The number of nitrogens with two attached hydrogens (primary N) is 1. The fraction of sp³-hybridized carbons (Fsp3) is 0.462. The molecule has 2 rings (SSSR count). The van der Waals surface area contributed by atoms with Gasteiger partial charge in [-0.25, -0.2) is 4.98 Å². The molecule has 0 spiro atoms. The van der Waals surface area contributed by atoms with Gasteiger partial charge < -0.3 is 19.8 Å². The van der Waals surface area contributed by atoms with Crippen LogP contribution in [0.5, 0.6) is 5.75 Å². The van der Waals surface area contributed by atoms with Crippen LogP contribution in [0.15, 0.2) is 18.2 Å². The zero-order valence-corrected chi connectivity index (χ0v) is 10.8. The maximum atomic E-state index is 5.96. The first-order valence-electron chi connectivity index (χ1n) is 6.05. The maximum Gasteiger partial charge on any atom is 0.201 e. The number of imidazole rings is 1. The molecule has 1 aromatic heterocycles. The number of para-hydroxylation sites is 1. The summed E-state index contributed by atoms with van der Waals surface area (Å²) in [4.78, 5) is 4.37. The molecule has 98 valence electrons. The average molecular weight is 249 g/mol. The average Bonchev–Trinajstić information content (AvgIpc) is 2.70. The molecule has 2 aromatic rings. The van der Waals surface area contributed by atoms with Crippen molar-refractivity contribution in [2.75, 3.05) is 26.6 Å². The molecule has 0 amide bonds. The minimum atomic E-state index is 0.534. The standard InChI is InChI=1S/C13H19N3O2/c1-17-9-4-3-8-16-10-6-5-7-11(18-2)12(10)15-13(16)14/h5-7H,3-4,8-9H2,1-2H3,(H2,14,15). The van der Waals surface area contributed by atoms with Gasteiger partial charge in [0.2, 0.25) is 5.95 Å². The van der Waals surface area contributed by atoms with Gasteiger partial charge in [0.25, 0.3) is 0 Å². The van der Waals surface area contributed by atoms with E-state index in [2.05, 4.69) is 4.98 Å². The summed E-state index contributed by atoms with van der Waals surface area (Å²) in [5, 5.41) is 0. The molecule has 0 atom stereocenters. The quantitative estimate of drug-likeness (QED) is 0.796. The van der Waals surface area contributed by atoms with E-state index < -0.39 is 0 Å². The van der Waals surface area contributed by atoms with Crippen LogP contribution >= 0.6 is 0 Å². The fourth-order valence-electron chi connectivity index (χ4n) is 2.06. The van der Waals surface area contributed by atoms with E-state index in [0.29, 0.717) is 5.95 Å². The van der Waals surface area contributed by atoms with Crippen molar-refractivity contribution in [1.82, 2.24) is 9.55 Å². The fourth-order valence-corrected chi connectivity index (χ4v) is 2.06. The predicted octanol–water partition coefficient (Wildman–Crippen LogP) is 2.05. The molecule has 0 aliphatic heterocycles. The highest BCUT2D eigenvalue weighted by atomic mass is 16.5. The second kappa shape index (κ2) is 5.73. The van der Waals surface area contributed by atoms with Gasteiger partial charge in [-0.3, -0.25) is 0 Å². The number of nitrogen functional groups attached to an aromatic ring is 1. The molecular formula is C13H19N3O2. The number of benzene rings is 1. The number of anilines is 1. The Labute approximate surface area is 107 Å². The molecule has 18 heavy (non-hydrogen) atoms. The van der Waals surface area contributed by atoms with Gasteiger partial charge in [0, 0.05) is 20.3 Å². The van der Waals surface area contributed by atoms with Crippen LogP contribution in [0.3, 0.4) is 0 Å². The van der Waals surface area contributed by atoms with Crippen LogP contribution in [0.2, 0.25) is 0 Å². The number of ether oxygens (including phenoxy) is 2. The van der Waals surface area contributed by atoms with E-state index in [1.165, 1.54) is 0 Å². The Morgan fingerprint density at radius 2 is 2.11 bits per heavy atom. The largest absolute Gasteiger partial charge is 0.494 e.